The molecule has 0 fully saturated rings. The second-order valence-electron chi connectivity index (χ2n) is 5.80. The third-order valence-corrected chi connectivity index (χ3v) is 4.18. The lowest BCUT2D eigenvalue weighted by molar-refractivity contribution is 0.475. The van der Waals surface area contributed by atoms with Crippen LogP contribution in [0.25, 0.3) is 0 Å². The van der Waals surface area contributed by atoms with Gasteiger partial charge in [0.25, 0.3) is 0 Å². The van der Waals surface area contributed by atoms with Crippen molar-refractivity contribution in [1.82, 2.24) is 15.0 Å². The van der Waals surface area contributed by atoms with Crippen LogP contribution in [-0.2, 0) is 0 Å². The van der Waals surface area contributed by atoms with Crippen LogP contribution in [0.3, 0.4) is 0 Å². The second kappa shape index (κ2) is 5.81. The first-order valence-corrected chi connectivity index (χ1v) is 7.79. The summed E-state index contributed by atoms with van der Waals surface area (Å²) in [6.45, 7) is 2.70. The van der Waals surface area contributed by atoms with E-state index in [1.165, 1.54) is 0 Å². The lowest BCUT2D eigenvalue weighted by Gasteiger charge is -2.12. The molecule has 1 aromatic carbocycles. The molecule has 6 heteroatoms. The smallest absolute Gasteiger partial charge is 0.227 e. The van der Waals surface area contributed by atoms with Crippen molar-refractivity contribution in [3.8, 4) is 5.75 Å². The number of benzene rings is 1. The number of hydrogen-bond acceptors (Lipinski definition) is 6. The summed E-state index contributed by atoms with van der Waals surface area (Å²) in [6, 6.07) is 11.1. The van der Waals surface area contributed by atoms with Gasteiger partial charge in [-0.2, -0.15) is 0 Å². The van der Waals surface area contributed by atoms with Crippen LogP contribution in [0.4, 0.5) is 17.5 Å². The van der Waals surface area contributed by atoms with E-state index in [2.05, 4.69) is 31.7 Å². The zero-order valence-electron chi connectivity index (χ0n) is 13.2. The molecule has 120 valence electrons. The second-order valence-corrected chi connectivity index (χ2v) is 5.80. The molecule has 3 aromatic rings. The van der Waals surface area contributed by atoms with E-state index in [4.69, 9.17) is 0 Å². The summed E-state index contributed by atoms with van der Waals surface area (Å²) >= 11 is 0. The number of rotatable bonds is 3. The molecule has 24 heavy (non-hydrogen) atoms. The number of anilines is 3. The summed E-state index contributed by atoms with van der Waals surface area (Å²) in [5.41, 5.74) is 3.91. The van der Waals surface area contributed by atoms with Crippen LogP contribution in [0.15, 0.2) is 48.8 Å². The molecule has 6 nitrogen and oxygen atoms in total. The lowest BCUT2D eigenvalue weighted by Crippen LogP contribution is -2.08. The SMILES string of the molecule is Cc1cc(O)ccc1Nc1nccc(C2CNc3ncccc32)n1. The van der Waals surface area contributed by atoms with Gasteiger partial charge in [-0.15, -0.1) is 0 Å². The van der Waals surface area contributed by atoms with Crippen LogP contribution in [0.1, 0.15) is 22.7 Å². The van der Waals surface area contributed by atoms with Crippen molar-refractivity contribution in [1.29, 1.82) is 0 Å². The van der Waals surface area contributed by atoms with Crippen LogP contribution in [0.5, 0.6) is 5.75 Å². The largest absolute Gasteiger partial charge is 0.508 e. The van der Waals surface area contributed by atoms with Crippen molar-refractivity contribution in [2.24, 2.45) is 0 Å². The lowest BCUT2D eigenvalue weighted by atomic mass is 9.99. The van der Waals surface area contributed by atoms with Gasteiger partial charge >= 0.3 is 0 Å². The van der Waals surface area contributed by atoms with Crippen LogP contribution in [0, 0.1) is 6.92 Å². The van der Waals surface area contributed by atoms with Gasteiger partial charge in [0, 0.05) is 36.1 Å². The molecule has 0 aliphatic carbocycles. The number of nitrogens with zero attached hydrogens (tertiary/aromatic N) is 3. The predicted octanol–water partition coefficient (Wildman–Crippen LogP) is 3.19. The van der Waals surface area contributed by atoms with Crippen molar-refractivity contribution < 1.29 is 5.11 Å². The number of hydrogen-bond donors (Lipinski definition) is 3. The standard InChI is InChI=1S/C18H17N5O/c1-11-9-12(24)4-5-15(11)22-18-20-8-6-16(23-18)14-10-21-17-13(14)3-2-7-19-17/h2-9,14,24H,10H2,1H3,(H,19,21)(H,20,22,23). The topological polar surface area (TPSA) is 83.0 Å². The molecular weight excluding hydrogens is 302 g/mol. The molecule has 4 rings (SSSR count). The summed E-state index contributed by atoms with van der Waals surface area (Å²) < 4.78 is 0. The van der Waals surface area contributed by atoms with Gasteiger partial charge < -0.3 is 15.7 Å². The predicted molar refractivity (Wildman–Crippen MR) is 92.7 cm³/mol. The summed E-state index contributed by atoms with van der Waals surface area (Å²) in [5.74, 6) is 1.87. The van der Waals surface area contributed by atoms with Crippen molar-refractivity contribution in [2.75, 3.05) is 17.2 Å². The molecular formula is C18H17N5O. The first-order chi connectivity index (χ1) is 11.7. The van der Waals surface area contributed by atoms with Gasteiger partial charge in [-0.1, -0.05) is 6.07 Å². The van der Waals surface area contributed by atoms with Gasteiger partial charge in [-0.25, -0.2) is 15.0 Å². The Balaban J connectivity index is 1.63. The Labute approximate surface area is 139 Å². The number of aromatic hydroxyl groups is 1. The fourth-order valence-electron chi connectivity index (χ4n) is 2.95. The molecule has 1 aliphatic rings. The molecule has 0 bridgehead atoms. The maximum atomic E-state index is 9.51. The van der Waals surface area contributed by atoms with Gasteiger partial charge in [-0.05, 0) is 42.8 Å². The average Bonchev–Trinajstić information content (AvgIpc) is 3.02. The molecule has 0 spiro atoms. The molecule has 1 aliphatic heterocycles. The first kappa shape index (κ1) is 14.4. The van der Waals surface area contributed by atoms with E-state index in [0.29, 0.717) is 5.95 Å². The Morgan fingerprint density at radius 3 is 2.96 bits per heavy atom. The van der Waals surface area contributed by atoms with E-state index in [1.807, 2.05) is 25.1 Å². The number of aromatic nitrogens is 3. The Hall–Kier alpha value is -3.15. The Morgan fingerprint density at radius 1 is 1.17 bits per heavy atom. The van der Waals surface area contributed by atoms with Gasteiger partial charge in [0.15, 0.2) is 0 Å². The van der Waals surface area contributed by atoms with E-state index in [-0.39, 0.29) is 11.7 Å². The van der Waals surface area contributed by atoms with Crippen molar-refractivity contribution in [2.45, 2.75) is 12.8 Å². The molecule has 2 aromatic heterocycles. The highest BCUT2D eigenvalue weighted by molar-refractivity contribution is 5.60. The normalized spacial score (nSPS) is 15.6. The Bertz CT molecular complexity index is 896. The van der Waals surface area contributed by atoms with Crippen LogP contribution < -0.4 is 10.6 Å². The quantitative estimate of drug-likeness (QED) is 0.643. The van der Waals surface area contributed by atoms with Crippen molar-refractivity contribution in [3.05, 3.63) is 65.6 Å². The number of phenolic OH excluding ortho intramolecular Hbond substituents is 1. The number of phenols is 1. The molecule has 3 heterocycles. The number of aryl methyl sites for hydroxylation is 1. The van der Waals surface area contributed by atoms with E-state index < -0.39 is 0 Å². The minimum absolute atomic E-state index is 0.165. The van der Waals surface area contributed by atoms with E-state index in [9.17, 15) is 5.11 Å². The zero-order valence-corrected chi connectivity index (χ0v) is 13.2. The van der Waals surface area contributed by atoms with Gasteiger partial charge in [0.1, 0.15) is 11.6 Å². The molecule has 1 atom stereocenters. The summed E-state index contributed by atoms with van der Waals surface area (Å²) in [4.78, 5) is 13.3. The van der Waals surface area contributed by atoms with E-state index >= 15 is 0 Å². The van der Waals surface area contributed by atoms with Crippen molar-refractivity contribution in [3.63, 3.8) is 0 Å². The minimum Gasteiger partial charge on any atom is -0.508 e. The molecule has 3 N–H and O–H groups in total. The summed E-state index contributed by atoms with van der Waals surface area (Å²) in [6.07, 6.45) is 3.55. The number of pyridine rings is 1. The fourth-order valence-corrected chi connectivity index (χ4v) is 2.95. The van der Waals surface area contributed by atoms with Crippen LogP contribution >= 0.6 is 0 Å². The highest BCUT2D eigenvalue weighted by atomic mass is 16.3. The van der Waals surface area contributed by atoms with Gasteiger partial charge in [0.05, 0.1) is 5.69 Å². The van der Waals surface area contributed by atoms with Crippen LogP contribution in [0.2, 0.25) is 0 Å². The Kier molecular flexibility index (Phi) is 3.49. The molecule has 0 amide bonds. The maximum absolute atomic E-state index is 9.51. The van der Waals surface area contributed by atoms with E-state index in [1.54, 1.807) is 24.5 Å². The van der Waals surface area contributed by atoms with Crippen LogP contribution in [-0.4, -0.2) is 26.6 Å². The summed E-state index contributed by atoms with van der Waals surface area (Å²) in [7, 11) is 0. The maximum Gasteiger partial charge on any atom is 0.227 e. The third kappa shape index (κ3) is 2.62. The Morgan fingerprint density at radius 2 is 2.08 bits per heavy atom. The van der Waals surface area contributed by atoms with Crippen molar-refractivity contribution >= 4 is 17.5 Å². The van der Waals surface area contributed by atoms with E-state index in [0.717, 1.165) is 34.9 Å². The summed E-state index contributed by atoms with van der Waals surface area (Å²) in [5, 5.41) is 16.0. The highest BCUT2D eigenvalue weighted by Crippen LogP contribution is 2.33. The fraction of sp³-hybridized carbons (Fsp3) is 0.167. The van der Waals surface area contributed by atoms with Gasteiger partial charge in [-0.3, -0.25) is 0 Å². The average molecular weight is 319 g/mol. The first-order valence-electron chi connectivity index (χ1n) is 7.79. The third-order valence-electron chi connectivity index (χ3n) is 4.18. The highest BCUT2D eigenvalue weighted by Gasteiger charge is 2.25. The number of fused-ring (bicyclic) bond motifs is 1. The molecule has 0 radical (unpaired) electrons. The monoisotopic (exact) mass is 319 g/mol. The van der Waals surface area contributed by atoms with Gasteiger partial charge in [0.2, 0.25) is 5.95 Å². The molecule has 1 unspecified atom stereocenters. The molecule has 0 saturated carbocycles. The zero-order chi connectivity index (χ0) is 16.5. The number of nitrogens with one attached hydrogen (secondary N) is 2. The molecule has 0 saturated heterocycles. The minimum atomic E-state index is 0.165.